The van der Waals surface area contributed by atoms with E-state index in [1.54, 1.807) is 18.3 Å². The molecule has 0 saturated carbocycles. The van der Waals surface area contributed by atoms with Crippen LogP contribution in [-0.2, 0) is 0 Å². The van der Waals surface area contributed by atoms with Gasteiger partial charge in [-0.3, -0.25) is 0 Å². The number of aromatic nitrogens is 1. The SMILES string of the molecule is Clc1ccc(C#Cc2ccccc2)nc1. The largest absolute Gasteiger partial charge is 0.246 e. The van der Waals surface area contributed by atoms with Crippen LogP contribution in [0.3, 0.4) is 0 Å². The predicted octanol–water partition coefficient (Wildman–Crippen LogP) is 3.13. The molecule has 2 rings (SSSR count). The Morgan fingerprint density at radius 1 is 0.933 bits per heavy atom. The van der Waals surface area contributed by atoms with Gasteiger partial charge in [0, 0.05) is 11.8 Å². The molecule has 0 unspecified atom stereocenters. The highest BCUT2D eigenvalue weighted by Gasteiger charge is 1.88. The van der Waals surface area contributed by atoms with Gasteiger partial charge in [0.15, 0.2) is 0 Å². The maximum Gasteiger partial charge on any atom is 0.113 e. The molecule has 2 aromatic rings. The summed E-state index contributed by atoms with van der Waals surface area (Å²) >= 11 is 5.72. The summed E-state index contributed by atoms with van der Waals surface area (Å²) in [6.45, 7) is 0. The first kappa shape index (κ1) is 9.76. The Bertz CT molecular complexity index is 492. The van der Waals surface area contributed by atoms with E-state index in [-0.39, 0.29) is 0 Å². The quantitative estimate of drug-likeness (QED) is 0.613. The molecule has 0 aliphatic rings. The average Bonchev–Trinajstić information content (AvgIpc) is 2.30. The number of rotatable bonds is 0. The molecular formula is C13H8ClN. The average molecular weight is 214 g/mol. The Balaban J connectivity index is 2.22. The van der Waals surface area contributed by atoms with Gasteiger partial charge in [-0.05, 0) is 30.2 Å². The molecule has 1 heterocycles. The second-order valence-electron chi connectivity index (χ2n) is 2.98. The molecule has 15 heavy (non-hydrogen) atoms. The van der Waals surface area contributed by atoms with Crippen molar-refractivity contribution in [1.29, 1.82) is 0 Å². The third-order valence-electron chi connectivity index (χ3n) is 1.84. The molecule has 0 N–H and O–H groups in total. The summed E-state index contributed by atoms with van der Waals surface area (Å²) in [6, 6.07) is 13.4. The summed E-state index contributed by atoms with van der Waals surface area (Å²) < 4.78 is 0. The molecule has 1 nitrogen and oxygen atoms in total. The van der Waals surface area contributed by atoms with Crippen LogP contribution in [0.5, 0.6) is 0 Å². The van der Waals surface area contributed by atoms with Gasteiger partial charge in [-0.2, -0.15) is 0 Å². The molecule has 1 aromatic carbocycles. The molecule has 0 atom stereocenters. The summed E-state index contributed by atoms with van der Waals surface area (Å²) in [7, 11) is 0. The van der Waals surface area contributed by atoms with Crippen molar-refractivity contribution in [1.82, 2.24) is 4.98 Å². The van der Waals surface area contributed by atoms with E-state index < -0.39 is 0 Å². The monoisotopic (exact) mass is 213 g/mol. The van der Waals surface area contributed by atoms with Gasteiger partial charge >= 0.3 is 0 Å². The van der Waals surface area contributed by atoms with Crippen molar-refractivity contribution in [3.8, 4) is 11.8 Å². The highest BCUT2D eigenvalue weighted by molar-refractivity contribution is 6.30. The number of hydrogen-bond acceptors (Lipinski definition) is 1. The summed E-state index contributed by atoms with van der Waals surface area (Å²) in [5.74, 6) is 5.99. The van der Waals surface area contributed by atoms with Crippen molar-refractivity contribution in [2.45, 2.75) is 0 Å². The van der Waals surface area contributed by atoms with Crippen LogP contribution in [-0.4, -0.2) is 4.98 Å². The third-order valence-corrected chi connectivity index (χ3v) is 2.06. The Labute approximate surface area is 93.7 Å². The minimum absolute atomic E-state index is 0.625. The van der Waals surface area contributed by atoms with E-state index in [2.05, 4.69) is 16.8 Å². The minimum atomic E-state index is 0.625. The normalized spacial score (nSPS) is 9.13. The first-order valence-corrected chi connectivity index (χ1v) is 4.91. The lowest BCUT2D eigenvalue weighted by Gasteiger charge is -1.89. The summed E-state index contributed by atoms with van der Waals surface area (Å²) in [6.07, 6.45) is 1.59. The van der Waals surface area contributed by atoms with Crippen molar-refractivity contribution in [3.05, 3.63) is 64.9 Å². The molecule has 2 heteroatoms. The zero-order valence-electron chi connectivity index (χ0n) is 7.94. The fourth-order valence-corrected chi connectivity index (χ4v) is 1.22. The number of halogens is 1. The zero-order valence-corrected chi connectivity index (χ0v) is 8.70. The van der Waals surface area contributed by atoms with Gasteiger partial charge in [0.05, 0.1) is 5.02 Å². The number of nitrogens with zero attached hydrogens (tertiary/aromatic N) is 1. The van der Waals surface area contributed by atoms with Crippen molar-refractivity contribution >= 4 is 11.6 Å². The maximum absolute atomic E-state index is 5.72. The molecule has 0 fully saturated rings. The lowest BCUT2D eigenvalue weighted by atomic mass is 10.2. The van der Waals surface area contributed by atoms with E-state index in [1.165, 1.54) is 0 Å². The third kappa shape index (κ3) is 2.83. The fourth-order valence-electron chi connectivity index (χ4n) is 1.11. The van der Waals surface area contributed by atoms with E-state index in [0.717, 1.165) is 11.3 Å². The second kappa shape index (κ2) is 4.63. The van der Waals surface area contributed by atoms with Gasteiger partial charge in [0.2, 0.25) is 0 Å². The standard InChI is InChI=1S/C13H8ClN/c14-12-7-9-13(15-10-12)8-6-11-4-2-1-3-5-11/h1-5,7,9-10H. The Morgan fingerprint density at radius 2 is 1.73 bits per heavy atom. The van der Waals surface area contributed by atoms with Gasteiger partial charge in [0.1, 0.15) is 5.69 Å². The van der Waals surface area contributed by atoms with Crippen LogP contribution >= 0.6 is 11.6 Å². The van der Waals surface area contributed by atoms with Crippen molar-refractivity contribution in [2.75, 3.05) is 0 Å². The molecule has 0 saturated heterocycles. The van der Waals surface area contributed by atoms with Crippen LogP contribution in [0.1, 0.15) is 11.3 Å². The van der Waals surface area contributed by atoms with Gasteiger partial charge in [-0.15, -0.1) is 0 Å². The van der Waals surface area contributed by atoms with Crippen LogP contribution in [0.2, 0.25) is 5.02 Å². The Morgan fingerprint density at radius 3 is 2.40 bits per heavy atom. The van der Waals surface area contributed by atoms with E-state index in [1.807, 2.05) is 30.3 Å². The van der Waals surface area contributed by atoms with E-state index >= 15 is 0 Å². The van der Waals surface area contributed by atoms with Crippen LogP contribution in [0, 0.1) is 11.8 Å². The number of pyridine rings is 1. The first-order chi connectivity index (χ1) is 7.34. The lowest BCUT2D eigenvalue weighted by molar-refractivity contribution is 1.29. The second-order valence-corrected chi connectivity index (χ2v) is 3.41. The van der Waals surface area contributed by atoms with Gasteiger partial charge in [0.25, 0.3) is 0 Å². The lowest BCUT2D eigenvalue weighted by Crippen LogP contribution is -1.80. The molecule has 0 bridgehead atoms. The molecule has 0 radical (unpaired) electrons. The van der Waals surface area contributed by atoms with Gasteiger partial charge in [-0.1, -0.05) is 35.7 Å². The highest BCUT2D eigenvalue weighted by atomic mass is 35.5. The number of hydrogen-bond donors (Lipinski definition) is 0. The Kier molecular flexibility index (Phi) is 3.02. The maximum atomic E-state index is 5.72. The van der Waals surface area contributed by atoms with E-state index in [0.29, 0.717) is 5.02 Å². The van der Waals surface area contributed by atoms with E-state index in [4.69, 9.17) is 11.6 Å². The molecule has 72 valence electrons. The van der Waals surface area contributed by atoms with Gasteiger partial charge < -0.3 is 0 Å². The molecule has 0 aliphatic carbocycles. The molecule has 0 amide bonds. The molecule has 0 spiro atoms. The first-order valence-electron chi connectivity index (χ1n) is 4.53. The highest BCUT2D eigenvalue weighted by Crippen LogP contribution is 2.05. The summed E-state index contributed by atoms with van der Waals surface area (Å²) in [4.78, 5) is 4.09. The summed E-state index contributed by atoms with van der Waals surface area (Å²) in [5, 5.41) is 0.625. The van der Waals surface area contributed by atoms with Crippen LogP contribution < -0.4 is 0 Å². The zero-order chi connectivity index (χ0) is 10.5. The Hall–Kier alpha value is -1.78. The molecular weight excluding hydrogens is 206 g/mol. The topological polar surface area (TPSA) is 12.9 Å². The predicted molar refractivity (Wildman–Crippen MR) is 61.7 cm³/mol. The molecule has 1 aromatic heterocycles. The van der Waals surface area contributed by atoms with Crippen molar-refractivity contribution in [2.24, 2.45) is 0 Å². The van der Waals surface area contributed by atoms with E-state index in [9.17, 15) is 0 Å². The van der Waals surface area contributed by atoms with Crippen LogP contribution in [0.4, 0.5) is 0 Å². The van der Waals surface area contributed by atoms with Crippen molar-refractivity contribution < 1.29 is 0 Å². The molecule has 0 aliphatic heterocycles. The van der Waals surface area contributed by atoms with Crippen LogP contribution in [0.25, 0.3) is 0 Å². The fraction of sp³-hybridized carbons (Fsp3) is 0. The van der Waals surface area contributed by atoms with Crippen LogP contribution in [0.15, 0.2) is 48.7 Å². The van der Waals surface area contributed by atoms with Gasteiger partial charge in [-0.25, -0.2) is 4.98 Å². The van der Waals surface area contributed by atoms with Crippen molar-refractivity contribution in [3.63, 3.8) is 0 Å². The smallest absolute Gasteiger partial charge is 0.113 e. The summed E-state index contributed by atoms with van der Waals surface area (Å²) in [5.41, 5.74) is 1.71. The number of benzene rings is 1. The minimum Gasteiger partial charge on any atom is -0.246 e.